The highest BCUT2D eigenvalue weighted by Gasteiger charge is 2.11. The Labute approximate surface area is 177 Å². The maximum atomic E-state index is 12.2. The summed E-state index contributed by atoms with van der Waals surface area (Å²) >= 11 is 0. The van der Waals surface area contributed by atoms with E-state index in [1.165, 1.54) is 25.7 Å². The van der Waals surface area contributed by atoms with E-state index in [9.17, 15) is 4.79 Å². The first-order valence-corrected chi connectivity index (χ1v) is 10.6. The van der Waals surface area contributed by atoms with Crippen LogP contribution >= 0.6 is 0 Å². The molecule has 2 aromatic heterocycles. The van der Waals surface area contributed by atoms with Crippen LogP contribution in [0.15, 0.2) is 61.3 Å². The van der Waals surface area contributed by atoms with Gasteiger partial charge in [-0.15, -0.1) is 0 Å². The zero-order valence-electron chi connectivity index (χ0n) is 17.1. The third kappa shape index (κ3) is 5.59. The Balaban J connectivity index is 1.24. The van der Waals surface area contributed by atoms with Crippen molar-refractivity contribution in [1.82, 2.24) is 19.9 Å². The first kappa shape index (κ1) is 19.9. The molecule has 0 unspecified atom stereocenters. The predicted molar refractivity (Wildman–Crippen MR) is 119 cm³/mol. The molecule has 156 valence electrons. The Hall–Kier alpha value is -3.35. The van der Waals surface area contributed by atoms with Crippen molar-refractivity contribution in [3.63, 3.8) is 0 Å². The summed E-state index contributed by atoms with van der Waals surface area (Å²) in [5, 5.41) is 5.76. The van der Waals surface area contributed by atoms with Crippen LogP contribution in [-0.4, -0.2) is 33.7 Å². The molecule has 4 rings (SSSR count). The van der Waals surface area contributed by atoms with Crippen LogP contribution < -0.4 is 15.5 Å². The standard InChI is InChI=1S/C23H28N6O/c30-23(27-21-8-5-19(6-9-21)17-28-14-11-24-18-28)26-16-20-7-10-22(25-15-20)29-12-3-1-2-4-13-29/h5-11,14-15,18H,1-4,12-13,16-17H2,(H2,26,27,30). The lowest BCUT2D eigenvalue weighted by Gasteiger charge is -2.21. The molecule has 1 aromatic carbocycles. The summed E-state index contributed by atoms with van der Waals surface area (Å²) in [6.45, 7) is 3.35. The Morgan fingerprint density at radius 1 is 0.967 bits per heavy atom. The molecule has 0 atom stereocenters. The fraction of sp³-hybridized carbons (Fsp3) is 0.348. The number of hydrogen-bond donors (Lipinski definition) is 2. The topological polar surface area (TPSA) is 75.1 Å². The first-order valence-electron chi connectivity index (χ1n) is 10.6. The van der Waals surface area contributed by atoms with Gasteiger partial charge in [-0.3, -0.25) is 0 Å². The third-order valence-corrected chi connectivity index (χ3v) is 5.33. The van der Waals surface area contributed by atoms with Gasteiger partial charge in [0.25, 0.3) is 0 Å². The van der Waals surface area contributed by atoms with Crippen LogP contribution in [0.5, 0.6) is 0 Å². The number of carbonyl (C=O) groups is 1. The highest BCUT2D eigenvalue weighted by atomic mass is 16.2. The molecule has 2 N–H and O–H groups in total. The number of carbonyl (C=O) groups excluding carboxylic acids is 1. The molecule has 1 aliphatic heterocycles. The molecule has 7 nitrogen and oxygen atoms in total. The van der Waals surface area contributed by atoms with Gasteiger partial charge in [-0.05, 0) is 42.2 Å². The Kier molecular flexibility index (Phi) is 6.59. The highest BCUT2D eigenvalue weighted by Crippen LogP contribution is 2.17. The van der Waals surface area contributed by atoms with Gasteiger partial charge in [0.2, 0.25) is 0 Å². The minimum absolute atomic E-state index is 0.228. The Morgan fingerprint density at radius 2 is 1.73 bits per heavy atom. The number of amides is 2. The number of hydrogen-bond acceptors (Lipinski definition) is 4. The number of benzene rings is 1. The predicted octanol–water partition coefficient (Wildman–Crippen LogP) is 4.03. The van der Waals surface area contributed by atoms with E-state index < -0.39 is 0 Å². The summed E-state index contributed by atoms with van der Waals surface area (Å²) in [5.41, 5.74) is 2.89. The number of imidazole rings is 1. The smallest absolute Gasteiger partial charge is 0.319 e. The van der Waals surface area contributed by atoms with Crippen molar-refractivity contribution in [2.45, 2.75) is 38.8 Å². The molecule has 30 heavy (non-hydrogen) atoms. The summed E-state index contributed by atoms with van der Waals surface area (Å²) < 4.78 is 2.00. The second-order valence-electron chi connectivity index (χ2n) is 7.67. The molecule has 2 amide bonds. The van der Waals surface area contributed by atoms with Crippen LogP contribution in [0.1, 0.15) is 36.8 Å². The number of nitrogens with one attached hydrogen (secondary N) is 2. The molecule has 7 heteroatoms. The zero-order chi connectivity index (χ0) is 20.6. The van der Waals surface area contributed by atoms with Crippen molar-refractivity contribution < 1.29 is 4.79 Å². The molecule has 0 bridgehead atoms. The molecule has 0 aliphatic carbocycles. The van der Waals surface area contributed by atoms with Gasteiger partial charge in [-0.1, -0.05) is 31.0 Å². The normalized spacial score (nSPS) is 14.2. The van der Waals surface area contributed by atoms with Crippen molar-refractivity contribution in [3.05, 3.63) is 72.4 Å². The van der Waals surface area contributed by atoms with Gasteiger partial charge in [0.05, 0.1) is 6.33 Å². The van der Waals surface area contributed by atoms with E-state index in [0.29, 0.717) is 6.54 Å². The SMILES string of the molecule is O=C(NCc1ccc(N2CCCCCC2)nc1)Nc1ccc(Cn2ccnc2)cc1. The monoisotopic (exact) mass is 404 g/mol. The number of aromatic nitrogens is 3. The lowest BCUT2D eigenvalue weighted by atomic mass is 10.2. The number of urea groups is 1. The molecule has 1 saturated heterocycles. The van der Waals surface area contributed by atoms with E-state index in [4.69, 9.17) is 0 Å². The highest BCUT2D eigenvalue weighted by molar-refractivity contribution is 5.89. The van der Waals surface area contributed by atoms with Crippen LogP contribution in [0.4, 0.5) is 16.3 Å². The fourth-order valence-electron chi connectivity index (χ4n) is 3.65. The summed E-state index contributed by atoms with van der Waals surface area (Å²) in [5.74, 6) is 1.03. The quantitative estimate of drug-likeness (QED) is 0.650. The lowest BCUT2D eigenvalue weighted by molar-refractivity contribution is 0.251. The largest absolute Gasteiger partial charge is 0.357 e. The second-order valence-corrected chi connectivity index (χ2v) is 7.67. The number of pyridine rings is 1. The minimum atomic E-state index is -0.228. The van der Waals surface area contributed by atoms with E-state index in [2.05, 4.69) is 31.6 Å². The van der Waals surface area contributed by atoms with Gasteiger partial charge in [-0.2, -0.15) is 0 Å². The maximum Gasteiger partial charge on any atom is 0.319 e. The van der Waals surface area contributed by atoms with E-state index in [1.54, 1.807) is 12.5 Å². The van der Waals surface area contributed by atoms with Crippen molar-refractivity contribution >= 4 is 17.5 Å². The summed E-state index contributed by atoms with van der Waals surface area (Å²) in [6, 6.07) is 11.7. The Morgan fingerprint density at radius 3 is 2.40 bits per heavy atom. The molecule has 0 spiro atoms. The zero-order valence-corrected chi connectivity index (χ0v) is 17.1. The molecule has 3 heterocycles. The summed E-state index contributed by atoms with van der Waals surface area (Å²) in [6.07, 6.45) is 12.4. The summed E-state index contributed by atoms with van der Waals surface area (Å²) in [7, 11) is 0. The van der Waals surface area contributed by atoms with Crippen LogP contribution in [0, 0.1) is 0 Å². The van der Waals surface area contributed by atoms with Crippen molar-refractivity contribution in [3.8, 4) is 0 Å². The molecule has 3 aromatic rings. The van der Waals surface area contributed by atoms with Gasteiger partial charge in [0.1, 0.15) is 5.82 Å². The van der Waals surface area contributed by atoms with Gasteiger partial charge in [0, 0.05) is 50.5 Å². The third-order valence-electron chi connectivity index (χ3n) is 5.33. The first-order chi connectivity index (χ1) is 14.8. The van der Waals surface area contributed by atoms with E-state index >= 15 is 0 Å². The van der Waals surface area contributed by atoms with Crippen LogP contribution in [-0.2, 0) is 13.1 Å². The van der Waals surface area contributed by atoms with Gasteiger partial charge >= 0.3 is 6.03 Å². The maximum absolute atomic E-state index is 12.2. The van der Waals surface area contributed by atoms with Gasteiger partial charge in [0.15, 0.2) is 0 Å². The fourth-order valence-corrected chi connectivity index (χ4v) is 3.65. The van der Waals surface area contributed by atoms with Crippen molar-refractivity contribution in [1.29, 1.82) is 0 Å². The molecular formula is C23H28N6O. The molecule has 0 saturated carbocycles. The van der Waals surface area contributed by atoms with Gasteiger partial charge < -0.3 is 20.1 Å². The molecule has 0 radical (unpaired) electrons. The van der Waals surface area contributed by atoms with Crippen molar-refractivity contribution in [2.24, 2.45) is 0 Å². The van der Waals surface area contributed by atoms with E-state index in [0.717, 1.165) is 42.3 Å². The van der Waals surface area contributed by atoms with Crippen LogP contribution in [0.2, 0.25) is 0 Å². The average molecular weight is 405 g/mol. The van der Waals surface area contributed by atoms with Crippen molar-refractivity contribution in [2.75, 3.05) is 23.3 Å². The van der Waals surface area contributed by atoms with E-state index in [1.807, 2.05) is 47.3 Å². The molecule has 1 aliphatic rings. The lowest BCUT2D eigenvalue weighted by Crippen LogP contribution is -2.28. The number of rotatable bonds is 6. The van der Waals surface area contributed by atoms with Crippen LogP contribution in [0.25, 0.3) is 0 Å². The number of nitrogens with zero attached hydrogens (tertiary/aromatic N) is 4. The van der Waals surface area contributed by atoms with Crippen LogP contribution in [0.3, 0.4) is 0 Å². The van der Waals surface area contributed by atoms with Gasteiger partial charge in [-0.25, -0.2) is 14.8 Å². The molecule has 1 fully saturated rings. The second kappa shape index (κ2) is 9.91. The van der Waals surface area contributed by atoms with E-state index in [-0.39, 0.29) is 6.03 Å². The molecular weight excluding hydrogens is 376 g/mol. The minimum Gasteiger partial charge on any atom is -0.357 e. The average Bonchev–Trinajstić information content (AvgIpc) is 3.13. The Bertz CT molecular complexity index is 913. The number of anilines is 2. The summed E-state index contributed by atoms with van der Waals surface area (Å²) in [4.78, 5) is 23.2.